The van der Waals surface area contributed by atoms with Crippen LogP contribution in [-0.4, -0.2) is 41.3 Å². The number of rotatable bonds is 4. The van der Waals surface area contributed by atoms with Gasteiger partial charge in [0.2, 0.25) is 0 Å². The number of amides is 1. The fraction of sp³-hybridized carbons (Fsp3) is 0.462. The van der Waals surface area contributed by atoms with E-state index in [4.69, 9.17) is 10.3 Å². The zero-order chi connectivity index (χ0) is 14.4. The first-order valence-corrected chi connectivity index (χ1v) is 6.37. The van der Waals surface area contributed by atoms with Crippen LogP contribution in [0.4, 0.5) is 4.79 Å². The van der Waals surface area contributed by atoms with Gasteiger partial charge in [0, 0.05) is 17.5 Å². The van der Waals surface area contributed by atoms with E-state index in [-0.39, 0.29) is 25.7 Å². The van der Waals surface area contributed by atoms with Crippen LogP contribution in [0.3, 0.4) is 0 Å². The molecular weight excluding hydrogens is 260 g/mol. The number of aliphatic hydroxyl groups excluding tert-OH is 1. The van der Waals surface area contributed by atoms with Gasteiger partial charge >= 0.3 is 6.09 Å². The summed E-state index contributed by atoms with van der Waals surface area (Å²) in [6, 6.07) is 9.05. The van der Waals surface area contributed by atoms with Crippen molar-refractivity contribution in [3.8, 4) is 0 Å². The van der Waals surface area contributed by atoms with Crippen molar-refractivity contribution in [1.82, 2.24) is 4.90 Å². The summed E-state index contributed by atoms with van der Waals surface area (Å²) in [6.07, 6.45) is -0.693. The molecule has 7 nitrogen and oxygen atoms in total. The van der Waals surface area contributed by atoms with E-state index in [0.717, 1.165) is 5.56 Å². The molecule has 0 saturated carbocycles. The standard InChI is InChI=1S/C13H16N4O3/c14-16-15-7-11-6-12(18)8-17(11)13(19)20-9-10-4-2-1-3-5-10/h1-5,11-12,18H,6-9H2/t11-,12+/m0/s1. The minimum atomic E-state index is -0.599. The minimum Gasteiger partial charge on any atom is -0.445 e. The number of nitrogens with zero attached hydrogens (tertiary/aromatic N) is 4. The molecule has 1 heterocycles. The van der Waals surface area contributed by atoms with Crippen molar-refractivity contribution in [2.24, 2.45) is 5.11 Å². The molecule has 1 aromatic carbocycles. The van der Waals surface area contributed by atoms with Crippen LogP contribution in [-0.2, 0) is 11.3 Å². The van der Waals surface area contributed by atoms with Gasteiger partial charge in [0.15, 0.2) is 0 Å². The predicted octanol–water partition coefficient (Wildman–Crippen LogP) is 2.07. The number of azide groups is 1. The topological polar surface area (TPSA) is 98.5 Å². The van der Waals surface area contributed by atoms with Crippen LogP contribution in [0.1, 0.15) is 12.0 Å². The summed E-state index contributed by atoms with van der Waals surface area (Å²) < 4.78 is 5.21. The van der Waals surface area contributed by atoms with Crippen LogP contribution in [0.5, 0.6) is 0 Å². The summed E-state index contributed by atoms with van der Waals surface area (Å²) in [7, 11) is 0. The van der Waals surface area contributed by atoms with Crippen LogP contribution in [0.25, 0.3) is 10.4 Å². The number of carbonyl (C=O) groups is 1. The third-order valence-electron chi connectivity index (χ3n) is 3.19. The maximum Gasteiger partial charge on any atom is 0.410 e. The normalized spacial score (nSPS) is 21.4. The van der Waals surface area contributed by atoms with E-state index in [1.54, 1.807) is 0 Å². The zero-order valence-electron chi connectivity index (χ0n) is 10.9. The molecule has 0 aromatic heterocycles. The molecule has 0 unspecified atom stereocenters. The SMILES string of the molecule is [N-]=[N+]=NC[C@@H]1C[C@@H](O)CN1C(=O)OCc1ccccc1. The van der Waals surface area contributed by atoms with Crippen molar-refractivity contribution in [2.75, 3.05) is 13.1 Å². The largest absolute Gasteiger partial charge is 0.445 e. The van der Waals surface area contributed by atoms with Gasteiger partial charge < -0.3 is 14.7 Å². The minimum absolute atomic E-state index is 0.147. The van der Waals surface area contributed by atoms with Gasteiger partial charge in [-0.2, -0.15) is 0 Å². The second-order valence-corrected chi connectivity index (χ2v) is 4.65. The van der Waals surface area contributed by atoms with Gasteiger partial charge in [-0.25, -0.2) is 4.79 Å². The quantitative estimate of drug-likeness (QED) is 0.517. The fourth-order valence-corrected chi connectivity index (χ4v) is 2.22. The Kier molecular flexibility index (Phi) is 4.81. The molecule has 0 spiro atoms. The highest BCUT2D eigenvalue weighted by Crippen LogP contribution is 2.19. The lowest BCUT2D eigenvalue weighted by Crippen LogP contribution is -2.37. The Bertz CT molecular complexity index is 502. The zero-order valence-corrected chi connectivity index (χ0v) is 10.9. The molecule has 0 aliphatic carbocycles. The number of β-amino-alcohol motifs (C(OH)–C–C–N with tert-alkyl or cyclic N) is 1. The van der Waals surface area contributed by atoms with E-state index in [9.17, 15) is 9.90 Å². The van der Waals surface area contributed by atoms with E-state index in [1.807, 2.05) is 30.3 Å². The van der Waals surface area contributed by atoms with E-state index in [2.05, 4.69) is 10.0 Å². The van der Waals surface area contributed by atoms with Gasteiger partial charge in [0.1, 0.15) is 6.61 Å². The van der Waals surface area contributed by atoms with Crippen molar-refractivity contribution in [1.29, 1.82) is 0 Å². The van der Waals surface area contributed by atoms with Gasteiger partial charge in [0.25, 0.3) is 0 Å². The molecule has 0 radical (unpaired) electrons. The van der Waals surface area contributed by atoms with E-state index in [0.29, 0.717) is 6.42 Å². The number of likely N-dealkylation sites (tertiary alicyclic amines) is 1. The van der Waals surface area contributed by atoms with Gasteiger partial charge in [-0.3, -0.25) is 0 Å². The molecular formula is C13H16N4O3. The van der Waals surface area contributed by atoms with Crippen molar-refractivity contribution in [3.63, 3.8) is 0 Å². The van der Waals surface area contributed by atoms with Gasteiger partial charge in [-0.1, -0.05) is 35.4 Å². The average molecular weight is 276 g/mol. The summed E-state index contributed by atoms with van der Waals surface area (Å²) in [6.45, 7) is 0.535. The molecule has 2 rings (SSSR count). The van der Waals surface area contributed by atoms with Gasteiger partial charge in [-0.05, 0) is 17.5 Å². The highest BCUT2D eigenvalue weighted by molar-refractivity contribution is 5.68. The Morgan fingerprint density at radius 1 is 1.50 bits per heavy atom. The Morgan fingerprint density at radius 2 is 2.25 bits per heavy atom. The summed E-state index contributed by atoms with van der Waals surface area (Å²) in [4.78, 5) is 16.1. The molecule has 7 heteroatoms. The lowest BCUT2D eigenvalue weighted by molar-refractivity contribution is 0.0885. The molecule has 1 fully saturated rings. The highest BCUT2D eigenvalue weighted by atomic mass is 16.6. The predicted molar refractivity (Wildman–Crippen MR) is 71.8 cm³/mol. The number of benzene rings is 1. The number of hydrogen-bond donors (Lipinski definition) is 1. The van der Waals surface area contributed by atoms with Gasteiger partial charge in [0.05, 0.1) is 12.6 Å². The first-order valence-electron chi connectivity index (χ1n) is 6.37. The monoisotopic (exact) mass is 276 g/mol. The van der Waals surface area contributed by atoms with E-state index in [1.165, 1.54) is 4.90 Å². The fourth-order valence-electron chi connectivity index (χ4n) is 2.22. The van der Waals surface area contributed by atoms with Crippen LogP contribution in [0, 0.1) is 0 Å². The second kappa shape index (κ2) is 6.79. The van der Waals surface area contributed by atoms with Gasteiger partial charge in [-0.15, -0.1) is 0 Å². The molecule has 1 N–H and O–H groups in total. The van der Waals surface area contributed by atoms with Crippen LogP contribution >= 0.6 is 0 Å². The summed E-state index contributed by atoms with van der Waals surface area (Å²) in [5.74, 6) is 0. The lowest BCUT2D eigenvalue weighted by atomic mass is 10.2. The van der Waals surface area contributed by atoms with Crippen LogP contribution < -0.4 is 0 Å². The summed E-state index contributed by atoms with van der Waals surface area (Å²) >= 11 is 0. The third kappa shape index (κ3) is 3.63. The van der Waals surface area contributed by atoms with Crippen LogP contribution in [0.15, 0.2) is 35.4 Å². The van der Waals surface area contributed by atoms with E-state index >= 15 is 0 Å². The molecule has 1 amide bonds. The van der Waals surface area contributed by atoms with E-state index < -0.39 is 12.2 Å². The maximum absolute atomic E-state index is 12.0. The Morgan fingerprint density at radius 3 is 2.95 bits per heavy atom. The Balaban J connectivity index is 1.91. The number of hydrogen-bond acceptors (Lipinski definition) is 4. The molecule has 1 saturated heterocycles. The third-order valence-corrected chi connectivity index (χ3v) is 3.19. The van der Waals surface area contributed by atoms with Crippen LogP contribution in [0.2, 0.25) is 0 Å². The molecule has 2 atom stereocenters. The molecule has 1 aromatic rings. The number of ether oxygens (including phenoxy) is 1. The first-order chi connectivity index (χ1) is 9.70. The Labute approximate surface area is 116 Å². The maximum atomic E-state index is 12.0. The first kappa shape index (κ1) is 14.2. The summed E-state index contributed by atoms with van der Waals surface area (Å²) in [5, 5.41) is 13.1. The molecule has 20 heavy (non-hydrogen) atoms. The van der Waals surface area contributed by atoms with Crippen molar-refractivity contribution >= 4 is 6.09 Å². The number of aliphatic hydroxyl groups is 1. The van der Waals surface area contributed by atoms with Crippen molar-refractivity contribution in [2.45, 2.75) is 25.2 Å². The Hall–Kier alpha value is -2.24. The average Bonchev–Trinajstić information content (AvgIpc) is 2.84. The molecule has 106 valence electrons. The summed E-state index contributed by atoms with van der Waals surface area (Å²) in [5.41, 5.74) is 9.23. The van der Waals surface area contributed by atoms with Crippen molar-refractivity contribution < 1.29 is 14.6 Å². The molecule has 1 aliphatic heterocycles. The van der Waals surface area contributed by atoms with Crippen molar-refractivity contribution in [3.05, 3.63) is 46.3 Å². The number of carbonyl (C=O) groups excluding carboxylic acids is 1. The smallest absolute Gasteiger partial charge is 0.410 e. The molecule has 0 bridgehead atoms. The highest BCUT2D eigenvalue weighted by Gasteiger charge is 2.34. The second-order valence-electron chi connectivity index (χ2n) is 4.65. The molecule has 1 aliphatic rings. The lowest BCUT2D eigenvalue weighted by Gasteiger charge is -2.22.